The molecule has 0 amide bonds. The Kier molecular flexibility index (Phi) is 4.77. The number of aromatic amines is 1. The lowest BCUT2D eigenvalue weighted by atomic mass is 10.1. The molecule has 0 atom stereocenters. The molecule has 3 aromatic heterocycles. The number of fused-ring (bicyclic) bond motifs is 2. The van der Waals surface area contributed by atoms with E-state index in [0.717, 1.165) is 24.8 Å². The van der Waals surface area contributed by atoms with E-state index in [1.807, 2.05) is 4.57 Å². The van der Waals surface area contributed by atoms with Crippen molar-refractivity contribution in [2.75, 3.05) is 0 Å². The van der Waals surface area contributed by atoms with Crippen LogP contribution in [0.4, 0.5) is 4.39 Å². The van der Waals surface area contributed by atoms with Crippen molar-refractivity contribution in [3.63, 3.8) is 0 Å². The highest BCUT2D eigenvalue weighted by Gasteiger charge is 2.19. The Morgan fingerprint density at radius 2 is 2.11 bits per heavy atom. The summed E-state index contributed by atoms with van der Waals surface area (Å²) in [6, 6.07) is 6.26. The van der Waals surface area contributed by atoms with Gasteiger partial charge in [0.1, 0.15) is 11.6 Å². The molecular formula is C18H18BrFN6O. The van der Waals surface area contributed by atoms with Crippen molar-refractivity contribution in [1.29, 1.82) is 0 Å². The zero-order valence-corrected chi connectivity index (χ0v) is 16.3. The third-order valence-corrected chi connectivity index (χ3v) is 4.89. The summed E-state index contributed by atoms with van der Waals surface area (Å²) in [6.45, 7) is 2.82. The van der Waals surface area contributed by atoms with E-state index in [1.54, 1.807) is 12.1 Å². The first-order valence-corrected chi connectivity index (χ1v) is 9.64. The van der Waals surface area contributed by atoms with Gasteiger partial charge in [0, 0.05) is 13.0 Å². The maximum atomic E-state index is 13.5. The average Bonchev–Trinajstić information content (AvgIpc) is 3.22. The number of aryl methyl sites for hydroxylation is 1. The summed E-state index contributed by atoms with van der Waals surface area (Å²) in [7, 11) is 0. The number of unbranched alkanes of at least 4 members (excludes halogenated alkanes) is 2. The van der Waals surface area contributed by atoms with Crippen LogP contribution in [0.25, 0.3) is 16.9 Å². The molecule has 0 saturated heterocycles. The highest BCUT2D eigenvalue weighted by Crippen LogP contribution is 2.17. The molecule has 0 saturated carbocycles. The van der Waals surface area contributed by atoms with Crippen LogP contribution in [0.1, 0.15) is 37.6 Å². The maximum Gasteiger partial charge on any atom is 0.286 e. The first-order chi connectivity index (χ1) is 13.1. The molecule has 27 heavy (non-hydrogen) atoms. The molecule has 0 aliphatic rings. The molecule has 0 bridgehead atoms. The van der Waals surface area contributed by atoms with Crippen LogP contribution in [0.2, 0.25) is 0 Å². The Hall–Kier alpha value is -2.55. The van der Waals surface area contributed by atoms with E-state index in [0.29, 0.717) is 40.5 Å². The smallest absolute Gasteiger partial charge is 0.286 e. The fourth-order valence-corrected chi connectivity index (χ4v) is 3.61. The summed E-state index contributed by atoms with van der Waals surface area (Å²) in [5.41, 5.74) is 1.42. The van der Waals surface area contributed by atoms with E-state index in [9.17, 15) is 9.18 Å². The van der Waals surface area contributed by atoms with Gasteiger partial charge in [0.25, 0.3) is 5.56 Å². The normalized spacial score (nSPS) is 11.7. The second kappa shape index (κ2) is 7.22. The van der Waals surface area contributed by atoms with E-state index in [4.69, 9.17) is 0 Å². The largest absolute Gasteiger partial charge is 0.327 e. The number of aromatic nitrogens is 6. The molecule has 3 heterocycles. The van der Waals surface area contributed by atoms with Crippen LogP contribution in [0.3, 0.4) is 0 Å². The zero-order chi connectivity index (χ0) is 19.0. The van der Waals surface area contributed by atoms with E-state index < -0.39 is 0 Å². The third-order valence-electron chi connectivity index (χ3n) is 4.52. The highest BCUT2D eigenvalue weighted by atomic mass is 79.9. The second-order valence-electron chi connectivity index (χ2n) is 6.45. The number of H-pyrrole nitrogens is 1. The van der Waals surface area contributed by atoms with Crippen molar-refractivity contribution in [2.45, 2.75) is 39.2 Å². The van der Waals surface area contributed by atoms with E-state index >= 15 is 0 Å². The van der Waals surface area contributed by atoms with Crippen LogP contribution < -0.4 is 5.56 Å². The Bertz CT molecular complexity index is 1180. The van der Waals surface area contributed by atoms with Crippen LogP contribution >= 0.6 is 15.9 Å². The summed E-state index contributed by atoms with van der Waals surface area (Å²) in [5.74, 6) is 0.602. The topological polar surface area (TPSA) is 80.9 Å². The molecule has 0 aliphatic carbocycles. The van der Waals surface area contributed by atoms with Gasteiger partial charge in [-0.3, -0.25) is 9.36 Å². The molecule has 1 aromatic carbocycles. The van der Waals surface area contributed by atoms with Gasteiger partial charge in [-0.1, -0.05) is 31.9 Å². The van der Waals surface area contributed by atoms with Crippen molar-refractivity contribution in [1.82, 2.24) is 29.1 Å². The van der Waals surface area contributed by atoms with Crippen molar-refractivity contribution in [3.05, 3.63) is 56.6 Å². The molecule has 4 aromatic rings. The molecule has 9 heteroatoms. The first kappa shape index (κ1) is 17.8. The lowest BCUT2D eigenvalue weighted by Gasteiger charge is -2.09. The lowest BCUT2D eigenvalue weighted by molar-refractivity contribution is 0.612. The molecule has 7 nitrogen and oxygen atoms in total. The number of halogens is 2. The number of imidazole rings is 1. The number of nitrogens with zero attached hydrogens (tertiary/aromatic N) is 5. The highest BCUT2D eigenvalue weighted by molar-refractivity contribution is 9.10. The summed E-state index contributed by atoms with van der Waals surface area (Å²) in [5, 5.41) is 8.46. The number of hydrogen-bond donors (Lipinski definition) is 1. The van der Waals surface area contributed by atoms with Gasteiger partial charge in [-0.25, -0.2) is 13.8 Å². The van der Waals surface area contributed by atoms with Gasteiger partial charge >= 0.3 is 0 Å². The van der Waals surface area contributed by atoms with Crippen LogP contribution in [0.5, 0.6) is 0 Å². The van der Waals surface area contributed by atoms with E-state index in [2.05, 4.69) is 43.0 Å². The van der Waals surface area contributed by atoms with Gasteiger partial charge in [-0.2, -0.15) is 0 Å². The van der Waals surface area contributed by atoms with Crippen molar-refractivity contribution < 1.29 is 4.39 Å². The minimum absolute atomic E-state index is 0.263. The van der Waals surface area contributed by atoms with Crippen LogP contribution in [-0.4, -0.2) is 29.1 Å². The number of rotatable bonds is 6. The molecule has 140 valence electrons. The Labute approximate surface area is 162 Å². The fraction of sp³-hybridized carbons (Fsp3) is 0.333. The maximum absolute atomic E-state index is 13.5. The van der Waals surface area contributed by atoms with E-state index in [1.165, 1.54) is 16.5 Å². The Morgan fingerprint density at radius 1 is 1.26 bits per heavy atom. The number of benzene rings is 1. The number of nitrogens with one attached hydrogen (secondary N) is 1. The first-order valence-electron chi connectivity index (χ1n) is 8.85. The van der Waals surface area contributed by atoms with Gasteiger partial charge in [0.05, 0.1) is 0 Å². The van der Waals surface area contributed by atoms with Crippen LogP contribution in [0.15, 0.2) is 33.8 Å². The predicted molar refractivity (Wildman–Crippen MR) is 103 cm³/mol. The molecule has 0 unspecified atom stereocenters. The van der Waals surface area contributed by atoms with Gasteiger partial charge in [-0.05, 0) is 40.0 Å². The lowest BCUT2D eigenvalue weighted by Crippen LogP contribution is -2.21. The molecule has 1 N–H and O–H groups in total. The average molecular weight is 433 g/mol. The summed E-state index contributed by atoms with van der Waals surface area (Å²) in [6.07, 6.45) is 3.40. The fourth-order valence-electron chi connectivity index (χ4n) is 3.25. The van der Waals surface area contributed by atoms with Gasteiger partial charge in [0.15, 0.2) is 15.9 Å². The summed E-state index contributed by atoms with van der Waals surface area (Å²) in [4.78, 5) is 20.4. The second-order valence-corrected chi connectivity index (χ2v) is 7.20. The standard InChI is InChI=1S/C18H18BrFN6O/c1-2-3-4-8-25-15-14(21-17(19)22-15)16(27)26-13(23-24-18(25)26)10-11-6-5-7-12(20)9-11/h5-7,9H,2-4,8,10H2,1H3,(H,21,22). The molecule has 0 radical (unpaired) electrons. The van der Waals surface area contributed by atoms with Gasteiger partial charge in [-0.15, -0.1) is 10.2 Å². The summed E-state index contributed by atoms with van der Waals surface area (Å²) >= 11 is 3.31. The molecule has 0 aliphatic heterocycles. The minimum Gasteiger partial charge on any atom is -0.327 e. The van der Waals surface area contributed by atoms with Gasteiger partial charge in [0.2, 0.25) is 5.78 Å². The molecule has 4 rings (SSSR count). The van der Waals surface area contributed by atoms with Crippen molar-refractivity contribution in [3.8, 4) is 0 Å². The van der Waals surface area contributed by atoms with Crippen molar-refractivity contribution >= 4 is 32.9 Å². The molecular weight excluding hydrogens is 415 g/mol. The minimum atomic E-state index is -0.321. The number of hydrogen-bond acceptors (Lipinski definition) is 4. The van der Waals surface area contributed by atoms with E-state index in [-0.39, 0.29) is 11.4 Å². The summed E-state index contributed by atoms with van der Waals surface area (Å²) < 4.78 is 17.4. The van der Waals surface area contributed by atoms with Crippen LogP contribution in [-0.2, 0) is 13.0 Å². The SMILES string of the molecule is CCCCCn1c2nc(Br)[nH]c2c(=O)n2c(Cc3cccc(F)c3)nnc12. The molecule has 0 fully saturated rings. The van der Waals surface area contributed by atoms with Crippen molar-refractivity contribution in [2.24, 2.45) is 0 Å². The monoisotopic (exact) mass is 432 g/mol. The van der Waals surface area contributed by atoms with Crippen LogP contribution in [0, 0.1) is 5.82 Å². The Balaban J connectivity index is 1.89. The quantitative estimate of drug-likeness (QED) is 0.373. The molecule has 0 spiro atoms. The third kappa shape index (κ3) is 3.27. The zero-order valence-electron chi connectivity index (χ0n) is 14.7. The van der Waals surface area contributed by atoms with Gasteiger partial charge < -0.3 is 4.98 Å². The predicted octanol–water partition coefficient (Wildman–Crippen LogP) is 3.45. The Morgan fingerprint density at radius 3 is 2.89 bits per heavy atom.